The lowest BCUT2D eigenvalue weighted by Crippen LogP contribution is -2.31. The van der Waals surface area contributed by atoms with E-state index in [1.807, 2.05) is 0 Å². The van der Waals surface area contributed by atoms with E-state index in [4.69, 9.17) is 0 Å². The van der Waals surface area contributed by atoms with Crippen molar-refractivity contribution in [2.45, 2.75) is 26.3 Å². The summed E-state index contributed by atoms with van der Waals surface area (Å²) in [6.45, 7) is 2.44. The third kappa shape index (κ3) is 1.57. The zero-order valence-corrected chi connectivity index (χ0v) is 9.72. The monoisotopic (exact) mass is 233 g/mol. The summed E-state index contributed by atoms with van der Waals surface area (Å²) in [6.07, 6.45) is 4.92. The van der Waals surface area contributed by atoms with Gasteiger partial charge in [-0.05, 0) is 18.8 Å². The standard InChI is InChI=1S/C12H15N3O2/c1-7-2-9-10(3-7)12(17)15(11(9)16)5-8-4-13-6-14-8/h4,6-7,9-10H,2-3,5H2,1H3,(H,13,14). The van der Waals surface area contributed by atoms with Crippen LogP contribution in [0.2, 0.25) is 0 Å². The maximum absolute atomic E-state index is 12.1. The minimum absolute atomic E-state index is 0.000972. The molecular formula is C12H15N3O2. The minimum Gasteiger partial charge on any atom is -0.347 e. The molecule has 3 rings (SSSR count). The van der Waals surface area contributed by atoms with Gasteiger partial charge in [-0.3, -0.25) is 14.5 Å². The van der Waals surface area contributed by atoms with Crippen LogP contribution >= 0.6 is 0 Å². The number of carbonyl (C=O) groups is 2. The molecule has 2 atom stereocenters. The second-order valence-electron chi connectivity index (χ2n) is 5.13. The van der Waals surface area contributed by atoms with Crippen LogP contribution in [-0.2, 0) is 16.1 Å². The van der Waals surface area contributed by atoms with Gasteiger partial charge < -0.3 is 4.98 Å². The van der Waals surface area contributed by atoms with E-state index in [2.05, 4.69) is 16.9 Å². The molecule has 1 N–H and O–H groups in total. The van der Waals surface area contributed by atoms with Gasteiger partial charge in [-0.25, -0.2) is 4.98 Å². The van der Waals surface area contributed by atoms with Crippen LogP contribution in [0.1, 0.15) is 25.5 Å². The molecule has 2 aliphatic rings. The van der Waals surface area contributed by atoms with Gasteiger partial charge in [0.2, 0.25) is 11.8 Å². The topological polar surface area (TPSA) is 66.1 Å². The van der Waals surface area contributed by atoms with E-state index >= 15 is 0 Å². The third-order valence-electron chi connectivity index (χ3n) is 3.85. The van der Waals surface area contributed by atoms with Gasteiger partial charge in [0.25, 0.3) is 0 Å². The van der Waals surface area contributed by atoms with Gasteiger partial charge in [0.15, 0.2) is 0 Å². The van der Waals surface area contributed by atoms with Crippen molar-refractivity contribution in [1.82, 2.24) is 14.9 Å². The maximum atomic E-state index is 12.1. The molecule has 90 valence electrons. The molecule has 5 heteroatoms. The summed E-state index contributed by atoms with van der Waals surface area (Å²) in [4.78, 5) is 32.5. The molecular weight excluding hydrogens is 218 g/mol. The molecule has 1 aliphatic carbocycles. The summed E-state index contributed by atoms with van der Waals surface area (Å²) in [6, 6.07) is 0. The number of imide groups is 1. The first kappa shape index (κ1) is 10.5. The lowest BCUT2D eigenvalue weighted by atomic mass is 10.00. The van der Waals surface area contributed by atoms with E-state index in [-0.39, 0.29) is 23.7 Å². The number of aromatic nitrogens is 2. The van der Waals surface area contributed by atoms with E-state index in [0.717, 1.165) is 18.5 Å². The number of hydrogen-bond donors (Lipinski definition) is 1. The Morgan fingerprint density at radius 3 is 2.53 bits per heavy atom. The Bertz CT molecular complexity index is 430. The fourth-order valence-corrected chi connectivity index (χ4v) is 3.04. The first-order chi connectivity index (χ1) is 8.16. The van der Waals surface area contributed by atoms with Gasteiger partial charge in [-0.2, -0.15) is 0 Å². The van der Waals surface area contributed by atoms with Gasteiger partial charge in [-0.1, -0.05) is 6.92 Å². The number of hydrogen-bond acceptors (Lipinski definition) is 3. The summed E-state index contributed by atoms with van der Waals surface area (Å²) in [5, 5.41) is 0. The first-order valence-electron chi connectivity index (χ1n) is 5.99. The molecule has 17 heavy (non-hydrogen) atoms. The normalized spacial score (nSPS) is 32.3. The van der Waals surface area contributed by atoms with Crippen LogP contribution in [0, 0.1) is 17.8 Å². The largest absolute Gasteiger partial charge is 0.347 e. The molecule has 0 radical (unpaired) electrons. The number of nitrogens with zero attached hydrogens (tertiary/aromatic N) is 2. The fourth-order valence-electron chi connectivity index (χ4n) is 3.04. The van der Waals surface area contributed by atoms with Gasteiger partial charge in [0.1, 0.15) is 0 Å². The van der Waals surface area contributed by atoms with Gasteiger partial charge in [-0.15, -0.1) is 0 Å². The number of H-pyrrole nitrogens is 1. The Kier molecular flexibility index (Phi) is 2.28. The van der Waals surface area contributed by atoms with Crippen LogP contribution in [0.5, 0.6) is 0 Å². The molecule has 1 saturated carbocycles. The zero-order chi connectivity index (χ0) is 12.0. The summed E-state index contributed by atoms with van der Waals surface area (Å²) < 4.78 is 0. The molecule has 5 nitrogen and oxygen atoms in total. The number of fused-ring (bicyclic) bond motifs is 1. The van der Waals surface area contributed by atoms with Crippen molar-refractivity contribution >= 4 is 11.8 Å². The zero-order valence-electron chi connectivity index (χ0n) is 9.72. The minimum atomic E-state index is -0.0691. The van der Waals surface area contributed by atoms with Crippen LogP contribution in [0.3, 0.4) is 0 Å². The van der Waals surface area contributed by atoms with E-state index < -0.39 is 0 Å². The van der Waals surface area contributed by atoms with Crippen LogP contribution in [-0.4, -0.2) is 26.7 Å². The summed E-state index contributed by atoms with van der Waals surface area (Å²) in [5.74, 6) is 0.353. The van der Waals surface area contributed by atoms with E-state index in [0.29, 0.717) is 12.5 Å². The Morgan fingerprint density at radius 1 is 1.35 bits per heavy atom. The molecule has 1 aliphatic heterocycles. The molecule has 2 unspecified atom stereocenters. The molecule has 2 fully saturated rings. The SMILES string of the molecule is CC1CC2C(=O)N(Cc3cnc[nH]3)C(=O)C2C1. The number of aromatic amines is 1. The summed E-state index contributed by atoms with van der Waals surface area (Å²) in [5.41, 5.74) is 0.805. The average Bonchev–Trinajstić information content (AvgIpc) is 2.96. The first-order valence-corrected chi connectivity index (χ1v) is 5.99. The van der Waals surface area contributed by atoms with Gasteiger partial charge in [0, 0.05) is 6.20 Å². The van der Waals surface area contributed by atoms with Crippen LogP contribution in [0.15, 0.2) is 12.5 Å². The molecule has 0 spiro atoms. The lowest BCUT2D eigenvalue weighted by molar-refractivity contribution is -0.141. The quantitative estimate of drug-likeness (QED) is 0.773. The van der Waals surface area contributed by atoms with E-state index in [1.165, 1.54) is 4.90 Å². The van der Waals surface area contributed by atoms with Crippen LogP contribution in [0.25, 0.3) is 0 Å². The highest BCUT2D eigenvalue weighted by Gasteiger charge is 2.51. The number of nitrogens with one attached hydrogen (secondary N) is 1. The van der Waals surface area contributed by atoms with Crippen LogP contribution in [0.4, 0.5) is 0 Å². The third-order valence-corrected chi connectivity index (χ3v) is 3.85. The highest BCUT2D eigenvalue weighted by Crippen LogP contribution is 2.43. The molecule has 1 aromatic rings. The predicted octanol–water partition coefficient (Wildman–Crippen LogP) is 0.941. The summed E-state index contributed by atoms with van der Waals surface area (Å²) in [7, 11) is 0. The second kappa shape index (κ2) is 3.68. The molecule has 2 amide bonds. The molecule has 0 aromatic carbocycles. The Morgan fingerprint density at radius 2 is 2.00 bits per heavy atom. The molecule has 1 saturated heterocycles. The smallest absolute Gasteiger partial charge is 0.233 e. The number of rotatable bonds is 2. The lowest BCUT2D eigenvalue weighted by Gasteiger charge is -2.15. The molecule has 2 heterocycles. The van der Waals surface area contributed by atoms with Crippen molar-refractivity contribution in [2.75, 3.05) is 0 Å². The number of imidazole rings is 1. The highest BCUT2D eigenvalue weighted by molar-refractivity contribution is 6.05. The number of carbonyl (C=O) groups excluding carboxylic acids is 2. The van der Waals surface area contributed by atoms with Gasteiger partial charge in [0.05, 0.1) is 30.4 Å². The van der Waals surface area contributed by atoms with Crippen molar-refractivity contribution in [2.24, 2.45) is 17.8 Å². The highest BCUT2D eigenvalue weighted by atomic mass is 16.2. The summed E-state index contributed by atoms with van der Waals surface area (Å²) >= 11 is 0. The average molecular weight is 233 g/mol. The van der Waals surface area contributed by atoms with Crippen molar-refractivity contribution in [3.63, 3.8) is 0 Å². The van der Waals surface area contributed by atoms with Crippen molar-refractivity contribution in [3.8, 4) is 0 Å². The van der Waals surface area contributed by atoms with Gasteiger partial charge >= 0.3 is 0 Å². The Hall–Kier alpha value is -1.65. The van der Waals surface area contributed by atoms with Crippen LogP contribution < -0.4 is 0 Å². The Balaban J connectivity index is 1.80. The van der Waals surface area contributed by atoms with E-state index in [9.17, 15) is 9.59 Å². The van der Waals surface area contributed by atoms with Crippen molar-refractivity contribution in [3.05, 3.63) is 18.2 Å². The predicted molar refractivity (Wildman–Crippen MR) is 59.5 cm³/mol. The Labute approximate surface area is 99.2 Å². The molecule has 0 bridgehead atoms. The fraction of sp³-hybridized carbons (Fsp3) is 0.583. The number of amides is 2. The number of likely N-dealkylation sites (tertiary alicyclic amines) is 1. The van der Waals surface area contributed by atoms with Crippen molar-refractivity contribution in [1.29, 1.82) is 0 Å². The van der Waals surface area contributed by atoms with E-state index in [1.54, 1.807) is 12.5 Å². The second-order valence-corrected chi connectivity index (χ2v) is 5.13. The van der Waals surface area contributed by atoms with Crippen molar-refractivity contribution < 1.29 is 9.59 Å². The molecule has 1 aromatic heterocycles. The maximum Gasteiger partial charge on any atom is 0.233 e.